The summed E-state index contributed by atoms with van der Waals surface area (Å²) in [5.41, 5.74) is 4.72. The van der Waals surface area contributed by atoms with Crippen molar-refractivity contribution in [2.75, 3.05) is 13.2 Å². The minimum atomic E-state index is -1.26. The van der Waals surface area contributed by atoms with E-state index in [0.717, 1.165) is 35.2 Å². The third-order valence-corrected chi connectivity index (χ3v) is 19.7. The van der Waals surface area contributed by atoms with Gasteiger partial charge in [-0.2, -0.15) is 15.8 Å². The van der Waals surface area contributed by atoms with Gasteiger partial charge in [0.15, 0.2) is 5.78 Å². The van der Waals surface area contributed by atoms with Crippen molar-refractivity contribution in [3.63, 3.8) is 0 Å². The van der Waals surface area contributed by atoms with E-state index >= 15 is 0 Å². The zero-order valence-corrected chi connectivity index (χ0v) is 64.2. The second-order valence-corrected chi connectivity index (χ2v) is 28.6. The highest BCUT2D eigenvalue weighted by molar-refractivity contribution is 6.31. The Morgan fingerprint density at radius 2 is 0.861 bits per heavy atom. The van der Waals surface area contributed by atoms with Gasteiger partial charge in [-0.15, -0.1) is 0 Å². The predicted octanol–water partition coefficient (Wildman–Crippen LogP) is 14.0. The van der Waals surface area contributed by atoms with Gasteiger partial charge in [0.1, 0.15) is 54.4 Å². The maximum Gasteiger partial charge on any atom is 0.349 e. The number of Topliss-reactive ketones (excluding diaryl/α,β-unsaturated/α-hetero) is 1. The molecule has 10 heterocycles. The molecule has 2 aromatic carbocycles. The number of hydrogen-bond donors (Lipinski definition) is 2. The number of ether oxygens (including phenoxy) is 1. The average molecular weight is 1580 g/mol. The second kappa shape index (κ2) is 38.7. The van der Waals surface area contributed by atoms with Gasteiger partial charge in [-0.05, 0) is 114 Å². The SMILES string of the molecule is CC(=O)c1ccc(Cl)nc1.CC1(c2ccc(Cl)nc2)C(C#N)C(=O)NC(=O)C1C#N.CC1(c2ccc(Cl)nc2)CC(=O)N(Cc2ccccc2)C(=O)C1.CC1(c2ccc(Cl)nc2)CC(=O)NC(=O)C1.CC1(c2ccc(Cl)nc2)CCN(Cc2ccccc2)C(=O)C1.CCOC(=O)/C(C#N)=C(\C)c1ccc(Cl)nc1. The van der Waals surface area contributed by atoms with Crippen LogP contribution >= 0.6 is 69.6 Å². The van der Waals surface area contributed by atoms with Gasteiger partial charge < -0.3 is 9.64 Å². The number of carbonyl (C=O) groups excluding carboxylic acids is 9. The number of amides is 7. The van der Waals surface area contributed by atoms with Gasteiger partial charge in [-0.25, -0.2) is 34.7 Å². The minimum absolute atomic E-state index is 0.00386. The van der Waals surface area contributed by atoms with Crippen molar-refractivity contribution < 1.29 is 47.9 Å². The van der Waals surface area contributed by atoms with E-state index in [4.69, 9.17) is 79.6 Å². The van der Waals surface area contributed by atoms with Crippen LogP contribution in [-0.2, 0) is 77.8 Å². The zero-order chi connectivity index (χ0) is 79.1. The number of pyridine rings is 6. The van der Waals surface area contributed by atoms with Crippen LogP contribution in [0.5, 0.6) is 0 Å². The van der Waals surface area contributed by atoms with E-state index in [-0.39, 0.29) is 70.9 Å². The fraction of sp³-hybridized carbons (Fsp3) is 0.291. The quantitative estimate of drug-likeness (QED) is 0.0286. The summed E-state index contributed by atoms with van der Waals surface area (Å²) in [5, 5.41) is 34.1. The molecule has 0 spiro atoms. The standard InChI is InChI=1S/C18H17ClN2O2.C18H19ClN2O.C13H9ClN4O2.C12H11ClN2O2.C11H11ClN2O2.C7H6ClNO/c1-18(14-7-8-15(19)20-11-14)9-16(22)21(17(23)10-18)12-13-5-3-2-4-6-13;1-18(15-7-8-16(19)20-12-15)9-10-21(17(22)11-18)13-14-5-3-2-4-6-14;1-13(7-2-3-10(14)17-6-7)8(4-15)11(19)18-12(20)9(13)5-16;1-3-17-12(16)10(6-14)8(2)9-4-5-11(13)15-7-9;1-11(4-9(15)14-10(16)5-11)7-2-3-8(12)13-6-7;1-5(10)6-2-3-7(8)9-4-6/h2-8,11H,9-10,12H2,1H3;2-8,12H,9-11,13H2,1H3;2-3,6,8-9H,1H3,(H,18,19,20);4-5,7H,3H2,1-2H3;2-3,6H,4-5H2,1H3,(H,14,15,16);2-4H,1H3/b;;;10-8+;;. The first-order chi connectivity index (χ1) is 51.3. The Bertz CT molecular complexity index is 4670. The molecule has 2 N–H and O–H groups in total. The molecule has 4 aliphatic rings. The highest BCUT2D eigenvalue weighted by Crippen LogP contribution is 2.43. The first-order valence-corrected chi connectivity index (χ1v) is 35.7. The van der Waals surface area contributed by atoms with Crippen LogP contribution in [0.4, 0.5) is 0 Å². The van der Waals surface area contributed by atoms with Crippen molar-refractivity contribution in [2.24, 2.45) is 11.8 Å². The molecule has 108 heavy (non-hydrogen) atoms. The van der Waals surface area contributed by atoms with Crippen LogP contribution in [0.1, 0.15) is 136 Å². The van der Waals surface area contributed by atoms with Gasteiger partial charge in [-0.3, -0.25) is 53.9 Å². The molecule has 556 valence electrons. The van der Waals surface area contributed by atoms with Crippen molar-refractivity contribution in [1.82, 2.24) is 50.3 Å². The Hall–Kier alpha value is -10.7. The summed E-state index contributed by atoms with van der Waals surface area (Å²) in [6, 6.07) is 45.6. The highest BCUT2D eigenvalue weighted by atomic mass is 35.5. The summed E-state index contributed by atoms with van der Waals surface area (Å²) in [6.07, 6.45) is 12.0. The summed E-state index contributed by atoms with van der Waals surface area (Å²) in [4.78, 5) is 133. The van der Waals surface area contributed by atoms with Crippen molar-refractivity contribution in [3.05, 3.63) is 252 Å². The molecule has 0 radical (unpaired) electrons. The number of aromatic nitrogens is 6. The molecule has 3 atom stereocenters. The van der Waals surface area contributed by atoms with Gasteiger partial charge >= 0.3 is 5.97 Å². The first kappa shape index (κ1) is 84.6. The van der Waals surface area contributed by atoms with E-state index in [9.17, 15) is 53.7 Å². The third-order valence-electron chi connectivity index (χ3n) is 18.4. The van der Waals surface area contributed by atoms with Gasteiger partial charge in [0, 0.05) is 110 Å². The topological polar surface area (TPSA) is 342 Å². The van der Waals surface area contributed by atoms with Crippen molar-refractivity contribution >= 4 is 128 Å². The van der Waals surface area contributed by atoms with Crippen molar-refractivity contribution in [3.8, 4) is 18.2 Å². The summed E-state index contributed by atoms with van der Waals surface area (Å²) >= 11 is 34.2. The Morgan fingerprint density at radius 3 is 1.23 bits per heavy atom. The van der Waals surface area contributed by atoms with E-state index < -0.39 is 45.9 Å². The van der Waals surface area contributed by atoms with Gasteiger partial charge in [0.2, 0.25) is 41.4 Å². The van der Waals surface area contributed by atoms with Gasteiger partial charge in [-0.1, -0.05) is 188 Å². The van der Waals surface area contributed by atoms with E-state index in [0.29, 0.717) is 80.4 Å². The lowest BCUT2D eigenvalue weighted by molar-refractivity contribution is -0.152. The number of ketones is 1. The summed E-state index contributed by atoms with van der Waals surface area (Å²) in [7, 11) is 0. The number of benzene rings is 2. The van der Waals surface area contributed by atoms with E-state index in [1.165, 1.54) is 49.0 Å². The number of nitrogens with zero attached hydrogens (tertiary/aromatic N) is 11. The predicted molar refractivity (Wildman–Crippen MR) is 406 cm³/mol. The molecule has 23 nitrogen and oxygen atoms in total. The summed E-state index contributed by atoms with van der Waals surface area (Å²) < 4.78 is 4.80. The minimum Gasteiger partial charge on any atom is -0.462 e. The molecule has 6 aromatic heterocycles. The number of nitrogens with one attached hydrogen (secondary N) is 2. The number of likely N-dealkylation sites (tertiary alicyclic amines) is 2. The third kappa shape index (κ3) is 22.7. The molecule has 4 fully saturated rings. The van der Waals surface area contributed by atoms with Crippen LogP contribution in [0.2, 0.25) is 30.9 Å². The molecule has 0 bridgehead atoms. The smallest absolute Gasteiger partial charge is 0.349 e. The van der Waals surface area contributed by atoms with Crippen LogP contribution in [0.15, 0.2) is 176 Å². The number of nitriles is 3. The van der Waals surface area contributed by atoms with E-state index in [2.05, 4.69) is 54.3 Å². The van der Waals surface area contributed by atoms with Crippen LogP contribution in [0.3, 0.4) is 0 Å². The van der Waals surface area contributed by atoms with Crippen LogP contribution in [0, 0.1) is 45.8 Å². The van der Waals surface area contributed by atoms with Crippen molar-refractivity contribution in [1.29, 1.82) is 15.8 Å². The fourth-order valence-electron chi connectivity index (χ4n) is 12.1. The van der Waals surface area contributed by atoms with Gasteiger partial charge in [0.05, 0.1) is 25.3 Å². The van der Waals surface area contributed by atoms with Gasteiger partial charge in [0.25, 0.3) is 0 Å². The largest absolute Gasteiger partial charge is 0.462 e. The molecule has 4 saturated heterocycles. The monoisotopic (exact) mass is 1570 g/mol. The molecular weight excluding hydrogens is 1500 g/mol. The number of allylic oxidation sites excluding steroid dienone is 1. The van der Waals surface area contributed by atoms with Crippen molar-refractivity contribution in [2.45, 2.75) is 122 Å². The first-order valence-electron chi connectivity index (χ1n) is 33.4. The average Bonchev–Trinajstić information content (AvgIpc) is 0.747. The number of hydrogen-bond acceptors (Lipinski definition) is 19. The molecule has 8 aromatic rings. The second-order valence-electron chi connectivity index (χ2n) is 26.3. The number of esters is 1. The number of rotatable bonds is 12. The lowest BCUT2D eigenvalue weighted by Crippen LogP contribution is -2.58. The molecule has 29 heteroatoms. The van der Waals surface area contributed by atoms with Crippen LogP contribution in [-0.4, -0.2) is 106 Å². The van der Waals surface area contributed by atoms with E-state index in [1.807, 2.05) is 103 Å². The number of piperidine rings is 4. The Labute approximate surface area is 654 Å². The molecule has 0 saturated carbocycles. The van der Waals surface area contributed by atoms with E-state index in [1.54, 1.807) is 87.0 Å². The maximum absolute atomic E-state index is 12.5. The normalized spacial score (nSPS) is 19.1. The molecule has 7 amide bonds. The van der Waals surface area contributed by atoms with Crippen LogP contribution < -0.4 is 10.6 Å². The Kier molecular flexibility index (Phi) is 30.3. The summed E-state index contributed by atoms with van der Waals surface area (Å²) in [5.74, 6) is -4.93. The maximum atomic E-state index is 12.5. The highest BCUT2D eigenvalue weighted by Gasteiger charge is 2.55. The lowest BCUT2D eigenvalue weighted by atomic mass is 9.62. The Morgan fingerprint density at radius 1 is 0.481 bits per heavy atom. The van der Waals surface area contributed by atoms with Crippen LogP contribution in [0.25, 0.3) is 5.57 Å². The molecule has 4 aliphatic heterocycles. The number of halogens is 6. The zero-order valence-electron chi connectivity index (χ0n) is 59.7. The number of carbonyl (C=O) groups is 9. The fourth-order valence-corrected chi connectivity index (χ4v) is 12.8. The Balaban J connectivity index is 0.000000183. The molecule has 12 rings (SSSR count). The molecule has 0 aliphatic carbocycles. The molecular formula is C79H73Cl6N13O10. The number of imide groups is 3. The molecule has 3 unspecified atom stereocenters. The summed E-state index contributed by atoms with van der Waals surface area (Å²) in [6.45, 7) is 14.3. The lowest BCUT2D eigenvalue weighted by Gasteiger charge is -2.39.